The van der Waals surface area contributed by atoms with Crippen molar-refractivity contribution in [1.29, 1.82) is 0 Å². The molecule has 1 aromatic carbocycles. The summed E-state index contributed by atoms with van der Waals surface area (Å²) in [5.41, 5.74) is 2.86. The van der Waals surface area contributed by atoms with E-state index in [1.165, 1.54) is 0 Å². The molecular formula is C20H24N6O. The number of nitrogens with zero attached hydrogens (tertiary/aromatic N) is 5. The highest BCUT2D eigenvalue weighted by Crippen LogP contribution is 2.21. The second-order valence-corrected chi connectivity index (χ2v) is 6.90. The molecule has 0 atom stereocenters. The van der Waals surface area contributed by atoms with Crippen LogP contribution in [-0.2, 0) is 0 Å². The lowest BCUT2D eigenvalue weighted by molar-refractivity contribution is 0.0936. The van der Waals surface area contributed by atoms with E-state index in [-0.39, 0.29) is 5.91 Å². The number of fused-ring (bicyclic) bond motifs is 1. The Morgan fingerprint density at radius 1 is 1.15 bits per heavy atom. The molecule has 0 radical (unpaired) electrons. The first-order valence-electron chi connectivity index (χ1n) is 9.29. The Balaban J connectivity index is 1.44. The highest BCUT2D eigenvalue weighted by Gasteiger charge is 2.16. The first-order chi connectivity index (χ1) is 13.2. The largest absolute Gasteiger partial charge is 0.349 e. The van der Waals surface area contributed by atoms with Crippen molar-refractivity contribution in [3.05, 3.63) is 54.6 Å². The lowest BCUT2D eigenvalue weighted by atomic mass is 10.1. The van der Waals surface area contributed by atoms with E-state index in [0.29, 0.717) is 17.9 Å². The lowest BCUT2D eigenvalue weighted by Gasteiger charge is -2.32. The number of amides is 1. The van der Waals surface area contributed by atoms with E-state index in [0.717, 1.165) is 44.0 Å². The molecule has 3 aromatic rings. The Morgan fingerprint density at radius 2 is 1.93 bits per heavy atom. The van der Waals surface area contributed by atoms with Gasteiger partial charge in [-0.3, -0.25) is 14.7 Å². The maximum atomic E-state index is 12.5. The van der Waals surface area contributed by atoms with Crippen LogP contribution < -0.4 is 5.32 Å². The van der Waals surface area contributed by atoms with E-state index in [1.807, 2.05) is 40.9 Å². The molecule has 0 aliphatic carbocycles. The first-order valence-corrected chi connectivity index (χ1v) is 9.29. The molecule has 0 saturated carbocycles. The number of carbonyl (C=O) groups excluding carboxylic acids is 1. The van der Waals surface area contributed by atoms with Crippen molar-refractivity contribution in [2.75, 3.05) is 46.3 Å². The molecule has 4 rings (SSSR count). The average molecular weight is 364 g/mol. The molecule has 1 aliphatic rings. The van der Waals surface area contributed by atoms with Crippen molar-refractivity contribution < 1.29 is 4.79 Å². The van der Waals surface area contributed by atoms with Gasteiger partial charge in [-0.25, -0.2) is 4.98 Å². The maximum absolute atomic E-state index is 12.5. The summed E-state index contributed by atoms with van der Waals surface area (Å²) >= 11 is 0. The van der Waals surface area contributed by atoms with Crippen LogP contribution in [0.25, 0.3) is 16.9 Å². The Labute approximate surface area is 158 Å². The second-order valence-electron chi connectivity index (χ2n) is 6.90. The van der Waals surface area contributed by atoms with Crippen molar-refractivity contribution >= 4 is 11.6 Å². The predicted octanol–water partition coefficient (Wildman–Crippen LogP) is 1.37. The fourth-order valence-electron chi connectivity index (χ4n) is 3.32. The summed E-state index contributed by atoms with van der Waals surface area (Å²) in [6, 6.07) is 9.89. The Kier molecular flexibility index (Phi) is 5.13. The number of rotatable bonds is 5. The summed E-state index contributed by atoms with van der Waals surface area (Å²) in [6.45, 7) is 5.74. The van der Waals surface area contributed by atoms with Gasteiger partial charge < -0.3 is 14.6 Å². The molecule has 140 valence electrons. The van der Waals surface area contributed by atoms with E-state index in [1.54, 1.807) is 12.4 Å². The van der Waals surface area contributed by atoms with E-state index in [4.69, 9.17) is 0 Å². The molecule has 0 bridgehead atoms. The number of piperazine rings is 1. The normalized spacial score (nSPS) is 15.9. The summed E-state index contributed by atoms with van der Waals surface area (Å²) in [4.78, 5) is 26.2. The number of likely N-dealkylation sites (N-methyl/N-ethyl adjacent to an activating group) is 1. The van der Waals surface area contributed by atoms with Crippen molar-refractivity contribution in [3.8, 4) is 11.3 Å². The van der Waals surface area contributed by atoms with Crippen LogP contribution in [0.15, 0.2) is 48.9 Å². The Bertz CT molecular complexity index is 915. The zero-order valence-electron chi connectivity index (χ0n) is 15.5. The molecule has 1 saturated heterocycles. The monoisotopic (exact) mass is 364 g/mol. The van der Waals surface area contributed by atoms with Crippen LogP contribution in [0.1, 0.15) is 10.5 Å². The number of benzene rings is 1. The molecule has 1 fully saturated rings. The van der Waals surface area contributed by atoms with Gasteiger partial charge >= 0.3 is 0 Å². The molecule has 1 amide bonds. The van der Waals surface area contributed by atoms with Crippen LogP contribution in [0, 0.1) is 0 Å². The van der Waals surface area contributed by atoms with E-state index < -0.39 is 0 Å². The summed E-state index contributed by atoms with van der Waals surface area (Å²) in [5.74, 6) is -0.146. The van der Waals surface area contributed by atoms with Gasteiger partial charge in [0.25, 0.3) is 5.91 Å². The van der Waals surface area contributed by atoms with Crippen LogP contribution in [0.2, 0.25) is 0 Å². The molecule has 27 heavy (non-hydrogen) atoms. The number of imidazole rings is 1. The fraction of sp³-hybridized carbons (Fsp3) is 0.350. The third-order valence-corrected chi connectivity index (χ3v) is 4.96. The summed E-state index contributed by atoms with van der Waals surface area (Å²) in [7, 11) is 2.14. The van der Waals surface area contributed by atoms with Crippen molar-refractivity contribution in [2.45, 2.75) is 0 Å². The number of hydrogen-bond donors (Lipinski definition) is 1. The zero-order chi connectivity index (χ0) is 18.6. The van der Waals surface area contributed by atoms with Crippen LogP contribution >= 0.6 is 0 Å². The number of aromatic nitrogens is 3. The van der Waals surface area contributed by atoms with Gasteiger partial charge in [0.1, 0.15) is 11.4 Å². The molecular weight excluding hydrogens is 340 g/mol. The van der Waals surface area contributed by atoms with Gasteiger partial charge in [0, 0.05) is 63.4 Å². The van der Waals surface area contributed by atoms with Crippen LogP contribution in [-0.4, -0.2) is 76.4 Å². The minimum Gasteiger partial charge on any atom is -0.349 e. The van der Waals surface area contributed by atoms with Gasteiger partial charge in [-0.05, 0) is 7.05 Å². The van der Waals surface area contributed by atoms with Gasteiger partial charge in [0.2, 0.25) is 0 Å². The van der Waals surface area contributed by atoms with E-state index in [2.05, 4.69) is 32.1 Å². The molecule has 7 heteroatoms. The number of hydrogen-bond acceptors (Lipinski definition) is 5. The van der Waals surface area contributed by atoms with Crippen molar-refractivity contribution in [3.63, 3.8) is 0 Å². The van der Waals surface area contributed by atoms with Crippen molar-refractivity contribution in [1.82, 2.24) is 29.5 Å². The molecule has 1 N–H and O–H groups in total. The highest BCUT2D eigenvalue weighted by atomic mass is 16.1. The average Bonchev–Trinajstić information content (AvgIpc) is 3.14. The number of nitrogens with one attached hydrogen (secondary N) is 1. The summed E-state index contributed by atoms with van der Waals surface area (Å²) in [6.07, 6.45) is 5.30. The van der Waals surface area contributed by atoms with Gasteiger partial charge in [-0.1, -0.05) is 30.3 Å². The van der Waals surface area contributed by atoms with Crippen LogP contribution in [0.5, 0.6) is 0 Å². The van der Waals surface area contributed by atoms with Crippen LogP contribution in [0.3, 0.4) is 0 Å². The molecule has 3 heterocycles. The second kappa shape index (κ2) is 7.85. The molecule has 0 spiro atoms. The predicted molar refractivity (Wildman–Crippen MR) is 105 cm³/mol. The Morgan fingerprint density at radius 3 is 2.70 bits per heavy atom. The summed E-state index contributed by atoms with van der Waals surface area (Å²) < 4.78 is 1.85. The number of carbonyl (C=O) groups is 1. The third-order valence-electron chi connectivity index (χ3n) is 4.96. The van der Waals surface area contributed by atoms with Gasteiger partial charge in [0.05, 0.1) is 0 Å². The quantitative estimate of drug-likeness (QED) is 0.741. The molecule has 7 nitrogen and oxygen atoms in total. The van der Waals surface area contributed by atoms with Crippen molar-refractivity contribution in [2.24, 2.45) is 0 Å². The minimum absolute atomic E-state index is 0.146. The van der Waals surface area contributed by atoms with E-state index >= 15 is 0 Å². The summed E-state index contributed by atoms with van der Waals surface area (Å²) in [5, 5.41) is 2.99. The zero-order valence-corrected chi connectivity index (χ0v) is 15.5. The van der Waals surface area contributed by atoms with Gasteiger partial charge in [-0.2, -0.15) is 0 Å². The smallest absolute Gasteiger partial charge is 0.271 e. The van der Waals surface area contributed by atoms with Crippen LogP contribution in [0.4, 0.5) is 0 Å². The third kappa shape index (κ3) is 3.99. The molecule has 1 aliphatic heterocycles. The first kappa shape index (κ1) is 17.6. The minimum atomic E-state index is -0.146. The topological polar surface area (TPSA) is 65.8 Å². The van der Waals surface area contributed by atoms with Gasteiger partial charge in [0.15, 0.2) is 5.65 Å². The van der Waals surface area contributed by atoms with E-state index in [9.17, 15) is 4.79 Å². The molecule has 2 aromatic heterocycles. The standard InChI is InChI=1S/C20H24N6O/c1-24-11-13-25(14-12-24)9-7-22-20(27)17-15-26-10-8-21-18(19(26)23-17)16-5-3-2-4-6-16/h2-6,8,10,15H,7,9,11-14H2,1H3,(H,22,27). The van der Waals surface area contributed by atoms with Gasteiger partial charge in [-0.15, -0.1) is 0 Å². The highest BCUT2D eigenvalue weighted by molar-refractivity contribution is 5.93. The maximum Gasteiger partial charge on any atom is 0.271 e. The lowest BCUT2D eigenvalue weighted by Crippen LogP contribution is -2.46. The molecule has 0 unspecified atom stereocenters. The SMILES string of the molecule is CN1CCN(CCNC(=O)c2cn3ccnc(-c4ccccc4)c3n2)CC1. The fourth-order valence-corrected chi connectivity index (χ4v) is 3.32. The Hall–Kier alpha value is -2.77.